The summed E-state index contributed by atoms with van der Waals surface area (Å²) in [4.78, 5) is 30.7. The lowest BCUT2D eigenvalue weighted by Crippen LogP contribution is -2.28. The number of nitrogens with zero attached hydrogens (tertiary/aromatic N) is 2. The molecule has 1 aliphatic heterocycles. The SMILES string of the molecule is COC(=O)c1c(NC(=O)C2CCCO2)c2cc(NCCC(C)C)cnc2n1CCc1ccccc1. The Hall–Kier alpha value is -3.39. The summed E-state index contributed by atoms with van der Waals surface area (Å²) < 4.78 is 12.6. The van der Waals surface area contributed by atoms with E-state index in [1.807, 2.05) is 41.0 Å². The number of amides is 1. The summed E-state index contributed by atoms with van der Waals surface area (Å²) in [6, 6.07) is 12.0. The van der Waals surface area contributed by atoms with Gasteiger partial charge in [-0.25, -0.2) is 9.78 Å². The molecular weight excluding hydrogens is 444 g/mol. The summed E-state index contributed by atoms with van der Waals surface area (Å²) in [6.07, 6.45) is 4.46. The first-order chi connectivity index (χ1) is 17.0. The van der Waals surface area contributed by atoms with Crippen molar-refractivity contribution in [1.82, 2.24) is 9.55 Å². The van der Waals surface area contributed by atoms with Crippen LogP contribution >= 0.6 is 0 Å². The van der Waals surface area contributed by atoms with Gasteiger partial charge in [-0.1, -0.05) is 44.2 Å². The predicted molar refractivity (Wildman–Crippen MR) is 137 cm³/mol. The number of ether oxygens (including phenoxy) is 2. The molecule has 0 spiro atoms. The van der Waals surface area contributed by atoms with E-state index in [1.165, 1.54) is 7.11 Å². The molecule has 3 heterocycles. The number of aromatic nitrogens is 2. The molecule has 1 unspecified atom stereocenters. The molecule has 186 valence electrons. The second-order valence-corrected chi connectivity index (χ2v) is 9.30. The molecule has 1 aliphatic rings. The summed E-state index contributed by atoms with van der Waals surface area (Å²) in [7, 11) is 1.35. The number of nitrogens with one attached hydrogen (secondary N) is 2. The molecule has 1 aromatic carbocycles. The van der Waals surface area contributed by atoms with Crippen molar-refractivity contribution >= 4 is 34.3 Å². The van der Waals surface area contributed by atoms with Crippen molar-refractivity contribution in [1.29, 1.82) is 0 Å². The molecule has 1 fully saturated rings. The number of hydrogen-bond donors (Lipinski definition) is 2. The Kier molecular flexibility index (Phi) is 8.02. The van der Waals surface area contributed by atoms with E-state index >= 15 is 0 Å². The van der Waals surface area contributed by atoms with Crippen LogP contribution in [0.4, 0.5) is 11.4 Å². The van der Waals surface area contributed by atoms with Crippen molar-refractivity contribution in [3.8, 4) is 0 Å². The third-order valence-corrected chi connectivity index (χ3v) is 6.27. The summed E-state index contributed by atoms with van der Waals surface area (Å²) in [5.74, 6) is -0.202. The Morgan fingerprint density at radius 1 is 1.26 bits per heavy atom. The number of methoxy groups -OCH3 is 1. The Bertz CT molecular complexity index is 1170. The summed E-state index contributed by atoms with van der Waals surface area (Å²) in [5, 5.41) is 7.08. The van der Waals surface area contributed by atoms with E-state index in [4.69, 9.17) is 14.5 Å². The molecule has 2 aromatic heterocycles. The number of fused-ring (bicyclic) bond motifs is 1. The van der Waals surface area contributed by atoms with Crippen molar-refractivity contribution in [3.05, 3.63) is 53.9 Å². The Morgan fingerprint density at radius 2 is 2.06 bits per heavy atom. The predicted octanol–water partition coefficient (Wildman–Crippen LogP) is 4.64. The van der Waals surface area contributed by atoms with Gasteiger partial charge < -0.3 is 24.7 Å². The van der Waals surface area contributed by atoms with E-state index in [-0.39, 0.29) is 11.6 Å². The minimum Gasteiger partial charge on any atom is -0.464 e. The molecule has 0 aliphatic carbocycles. The van der Waals surface area contributed by atoms with Crippen LogP contribution in [0.3, 0.4) is 0 Å². The summed E-state index contributed by atoms with van der Waals surface area (Å²) in [6.45, 7) is 6.23. The number of rotatable bonds is 10. The van der Waals surface area contributed by atoms with Crippen LogP contribution in [-0.4, -0.2) is 47.8 Å². The molecule has 0 radical (unpaired) electrons. The lowest BCUT2D eigenvalue weighted by Gasteiger charge is -2.13. The Labute approximate surface area is 206 Å². The molecular formula is C27H34N4O4. The molecule has 0 bridgehead atoms. The van der Waals surface area contributed by atoms with Gasteiger partial charge in [0.05, 0.1) is 24.7 Å². The number of anilines is 2. The third kappa shape index (κ3) is 5.82. The second-order valence-electron chi connectivity index (χ2n) is 9.30. The van der Waals surface area contributed by atoms with E-state index in [2.05, 4.69) is 24.5 Å². The van der Waals surface area contributed by atoms with Gasteiger partial charge in [-0.3, -0.25) is 4.79 Å². The Balaban J connectivity index is 1.75. The summed E-state index contributed by atoms with van der Waals surface area (Å²) in [5.41, 5.74) is 3.31. The van der Waals surface area contributed by atoms with E-state index < -0.39 is 12.1 Å². The molecule has 8 heteroatoms. The van der Waals surface area contributed by atoms with E-state index in [9.17, 15) is 9.59 Å². The van der Waals surface area contributed by atoms with Gasteiger partial charge in [0.2, 0.25) is 0 Å². The van der Waals surface area contributed by atoms with Crippen LogP contribution in [0.1, 0.15) is 49.2 Å². The van der Waals surface area contributed by atoms with Crippen LogP contribution in [0.15, 0.2) is 42.6 Å². The molecule has 4 rings (SSSR count). The van der Waals surface area contributed by atoms with Crippen molar-refractivity contribution in [2.75, 3.05) is 30.9 Å². The normalized spacial score (nSPS) is 15.5. The fourth-order valence-electron chi connectivity index (χ4n) is 4.35. The molecule has 3 aromatic rings. The van der Waals surface area contributed by atoms with Crippen LogP contribution in [0.2, 0.25) is 0 Å². The highest BCUT2D eigenvalue weighted by molar-refractivity contribution is 6.12. The van der Waals surface area contributed by atoms with Gasteiger partial charge in [-0.05, 0) is 43.2 Å². The maximum atomic E-state index is 13.0. The second kappa shape index (κ2) is 11.4. The highest BCUT2D eigenvalue weighted by Crippen LogP contribution is 2.33. The highest BCUT2D eigenvalue weighted by atomic mass is 16.5. The van der Waals surface area contributed by atoms with E-state index in [0.29, 0.717) is 48.6 Å². The van der Waals surface area contributed by atoms with Crippen molar-refractivity contribution in [3.63, 3.8) is 0 Å². The number of carbonyl (C=O) groups excluding carboxylic acids is 2. The van der Waals surface area contributed by atoms with Crippen molar-refractivity contribution in [2.24, 2.45) is 5.92 Å². The highest BCUT2D eigenvalue weighted by Gasteiger charge is 2.30. The first kappa shape index (κ1) is 24.7. The van der Waals surface area contributed by atoms with Gasteiger partial charge in [0, 0.05) is 25.1 Å². The first-order valence-corrected chi connectivity index (χ1v) is 12.3. The fraction of sp³-hybridized carbons (Fsp3) is 0.444. The van der Waals surface area contributed by atoms with Gasteiger partial charge >= 0.3 is 5.97 Å². The molecule has 1 atom stereocenters. The topological polar surface area (TPSA) is 94.5 Å². The van der Waals surface area contributed by atoms with Gasteiger partial charge in [0.25, 0.3) is 5.91 Å². The first-order valence-electron chi connectivity index (χ1n) is 12.3. The third-order valence-electron chi connectivity index (χ3n) is 6.27. The number of benzene rings is 1. The molecule has 0 saturated carbocycles. The monoisotopic (exact) mass is 478 g/mol. The molecule has 35 heavy (non-hydrogen) atoms. The minimum atomic E-state index is -0.525. The van der Waals surface area contributed by atoms with Gasteiger partial charge in [-0.15, -0.1) is 0 Å². The van der Waals surface area contributed by atoms with Gasteiger partial charge in [0.1, 0.15) is 11.8 Å². The van der Waals surface area contributed by atoms with Crippen molar-refractivity contribution in [2.45, 2.75) is 52.2 Å². The van der Waals surface area contributed by atoms with Gasteiger partial charge in [-0.2, -0.15) is 0 Å². The maximum absolute atomic E-state index is 13.0. The summed E-state index contributed by atoms with van der Waals surface area (Å²) >= 11 is 0. The number of pyridine rings is 1. The number of carbonyl (C=O) groups is 2. The van der Waals surface area contributed by atoms with E-state index in [0.717, 1.165) is 30.6 Å². The maximum Gasteiger partial charge on any atom is 0.356 e. The zero-order chi connectivity index (χ0) is 24.8. The molecule has 1 saturated heterocycles. The molecule has 8 nitrogen and oxygen atoms in total. The number of aryl methyl sites for hydroxylation is 2. The zero-order valence-electron chi connectivity index (χ0n) is 20.7. The number of hydrogen-bond acceptors (Lipinski definition) is 6. The average Bonchev–Trinajstić information content (AvgIpc) is 3.50. The fourth-order valence-corrected chi connectivity index (χ4v) is 4.35. The lowest BCUT2D eigenvalue weighted by molar-refractivity contribution is -0.124. The average molecular weight is 479 g/mol. The van der Waals surface area contributed by atoms with Gasteiger partial charge in [0.15, 0.2) is 5.69 Å². The lowest BCUT2D eigenvalue weighted by atomic mass is 10.1. The van der Waals surface area contributed by atoms with Crippen LogP contribution < -0.4 is 10.6 Å². The van der Waals surface area contributed by atoms with Crippen LogP contribution in [0, 0.1) is 5.92 Å². The standard InChI is InChI=1S/C27H34N4O4/c1-18(2)11-13-28-20-16-21-23(30-26(32)22-10-7-15-35-22)24(27(33)34-3)31(25(21)29-17-20)14-12-19-8-5-4-6-9-19/h4-6,8-9,16-18,22,28H,7,10-15H2,1-3H3,(H,30,32). The zero-order valence-corrected chi connectivity index (χ0v) is 20.7. The minimum absolute atomic E-state index is 0.257. The van der Waals surface area contributed by atoms with Crippen LogP contribution in [0.25, 0.3) is 11.0 Å². The Morgan fingerprint density at radius 3 is 2.74 bits per heavy atom. The van der Waals surface area contributed by atoms with Crippen LogP contribution in [-0.2, 0) is 27.2 Å². The smallest absolute Gasteiger partial charge is 0.356 e. The van der Waals surface area contributed by atoms with E-state index in [1.54, 1.807) is 6.20 Å². The molecule has 2 N–H and O–H groups in total. The van der Waals surface area contributed by atoms with Crippen LogP contribution in [0.5, 0.6) is 0 Å². The van der Waals surface area contributed by atoms with Crippen molar-refractivity contribution < 1.29 is 19.1 Å². The molecule has 1 amide bonds. The number of esters is 1. The largest absolute Gasteiger partial charge is 0.464 e. The quantitative estimate of drug-likeness (QED) is 0.412.